The van der Waals surface area contributed by atoms with E-state index in [0.29, 0.717) is 12.1 Å². The minimum Gasteiger partial charge on any atom is -0.329 e. The molecule has 0 bridgehead atoms. The zero-order valence-electron chi connectivity index (χ0n) is 12.2. The van der Waals surface area contributed by atoms with Crippen molar-refractivity contribution >= 4 is 37.2 Å². The molecular weight excluding hydrogens is 329 g/mol. The van der Waals surface area contributed by atoms with E-state index in [4.69, 9.17) is 5.73 Å². The molecule has 0 radical (unpaired) electrons. The number of fused-ring (bicyclic) bond motifs is 3. The Morgan fingerprint density at radius 2 is 1.90 bits per heavy atom. The van der Waals surface area contributed by atoms with E-state index in [-0.39, 0.29) is 37.2 Å². The van der Waals surface area contributed by atoms with Gasteiger partial charge in [-0.1, -0.05) is 24.3 Å². The number of nitrogens with two attached hydrogens (primary N) is 1. The number of hydrogen-bond donors (Lipinski definition) is 2. The average Bonchev–Trinajstić information content (AvgIpc) is 2.45. The maximum Gasteiger partial charge on any atom is 0.0365 e. The van der Waals surface area contributed by atoms with E-state index < -0.39 is 0 Å². The average molecular weight is 355 g/mol. The van der Waals surface area contributed by atoms with Crippen LogP contribution < -0.4 is 11.1 Å². The molecule has 6 heteroatoms. The van der Waals surface area contributed by atoms with E-state index in [1.807, 2.05) is 0 Å². The number of hydrogen-bond acceptors (Lipinski definition) is 3. The molecule has 3 rings (SSSR count). The van der Waals surface area contributed by atoms with Crippen molar-refractivity contribution in [2.45, 2.75) is 31.3 Å². The molecule has 2 aliphatic rings. The first-order valence-electron chi connectivity index (χ1n) is 7.14. The molecule has 1 aromatic carbocycles. The lowest BCUT2D eigenvalue weighted by Crippen LogP contribution is -2.47. The quantitative estimate of drug-likeness (QED) is 0.876. The van der Waals surface area contributed by atoms with Crippen LogP contribution in [0.2, 0.25) is 0 Å². The Morgan fingerprint density at radius 1 is 1.14 bits per heavy atom. The minimum absolute atomic E-state index is 0. The summed E-state index contributed by atoms with van der Waals surface area (Å²) in [6.07, 6.45) is 3.71. The van der Waals surface area contributed by atoms with Gasteiger partial charge in [0, 0.05) is 38.3 Å². The number of rotatable bonds is 3. The molecule has 0 unspecified atom stereocenters. The third-order valence-corrected chi connectivity index (χ3v) is 4.37. The zero-order valence-corrected chi connectivity index (χ0v) is 14.6. The van der Waals surface area contributed by atoms with Crippen molar-refractivity contribution < 1.29 is 0 Å². The molecule has 2 atom stereocenters. The molecule has 21 heavy (non-hydrogen) atoms. The van der Waals surface area contributed by atoms with Crippen LogP contribution in [0, 0.1) is 0 Å². The molecular formula is C15H26Cl3N3. The van der Waals surface area contributed by atoms with Crippen LogP contribution in [0.3, 0.4) is 0 Å². The second kappa shape index (κ2) is 9.88. The van der Waals surface area contributed by atoms with Gasteiger partial charge in [0.25, 0.3) is 0 Å². The molecule has 0 amide bonds. The summed E-state index contributed by atoms with van der Waals surface area (Å²) in [6, 6.07) is 10.2. The van der Waals surface area contributed by atoms with Crippen LogP contribution in [0.4, 0.5) is 0 Å². The molecule has 3 N–H and O–H groups in total. The van der Waals surface area contributed by atoms with Gasteiger partial charge in [-0.2, -0.15) is 0 Å². The summed E-state index contributed by atoms with van der Waals surface area (Å²) < 4.78 is 0. The van der Waals surface area contributed by atoms with Crippen LogP contribution in [0.15, 0.2) is 24.3 Å². The molecule has 1 saturated heterocycles. The highest BCUT2D eigenvalue weighted by atomic mass is 35.5. The molecule has 0 spiro atoms. The Balaban J connectivity index is 0.00000133. The zero-order chi connectivity index (χ0) is 12.4. The summed E-state index contributed by atoms with van der Waals surface area (Å²) in [6.45, 7) is 4.13. The minimum atomic E-state index is 0. The first-order chi connectivity index (χ1) is 8.88. The van der Waals surface area contributed by atoms with Gasteiger partial charge in [-0.05, 0) is 30.4 Å². The molecule has 3 nitrogen and oxygen atoms in total. The van der Waals surface area contributed by atoms with Gasteiger partial charge in [0.05, 0.1) is 0 Å². The molecule has 1 aromatic rings. The SMILES string of the molecule is Cl.Cl.Cl.NCCN[C@H]1CCN2CCc3ccccc3[C@@H]2C1. The fourth-order valence-electron chi connectivity index (χ4n) is 3.43. The van der Waals surface area contributed by atoms with Crippen molar-refractivity contribution in [3.63, 3.8) is 0 Å². The summed E-state index contributed by atoms with van der Waals surface area (Å²) in [5, 5.41) is 3.58. The largest absolute Gasteiger partial charge is 0.329 e. The predicted octanol–water partition coefficient (Wildman–Crippen LogP) is 2.56. The fourth-order valence-corrected chi connectivity index (χ4v) is 3.43. The van der Waals surface area contributed by atoms with Gasteiger partial charge >= 0.3 is 0 Å². The Labute approximate surface area is 146 Å². The topological polar surface area (TPSA) is 41.3 Å². The van der Waals surface area contributed by atoms with Crippen molar-refractivity contribution in [3.05, 3.63) is 35.4 Å². The predicted molar refractivity (Wildman–Crippen MR) is 96.3 cm³/mol. The summed E-state index contributed by atoms with van der Waals surface area (Å²) >= 11 is 0. The molecule has 2 heterocycles. The van der Waals surface area contributed by atoms with Gasteiger partial charge in [0.15, 0.2) is 0 Å². The van der Waals surface area contributed by atoms with Crippen molar-refractivity contribution in [3.8, 4) is 0 Å². The summed E-state index contributed by atoms with van der Waals surface area (Å²) in [7, 11) is 0. The standard InChI is InChI=1S/C15H23N3.3ClH/c16-7-8-17-13-6-10-18-9-5-12-3-1-2-4-14(12)15(18)11-13;;;/h1-4,13,15,17H,5-11,16H2;3*1H/t13-,15-;;;/m0.../s1. The molecule has 0 aromatic heterocycles. The van der Waals surface area contributed by atoms with Crippen LogP contribution >= 0.6 is 37.2 Å². The van der Waals surface area contributed by atoms with E-state index in [1.165, 1.54) is 32.4 Å². The summed E-state index contributed by atoms with van der Waals surface area (Å²) in [4.78, 5) is 2.66. The maximum atomic E-state index is 5.58. The number of halogens is 3. The smallest absolute Gasteiger partial charge is 0.0365 e. The third-order valence-electron chi connectivity index (χ3n) is 4.37. The second-order valence-corrected chi connectivity index (χ2v) is 5.46. The van der Waals surface area contributed by atoms with Crippen LogP contribution in [0.5, 0.6) is 0 Å². The van der Waals surface area contributed by atoms with E-state index in [2.05, 4.69) is 34.5 Å². The number of nitrogens with one attached hydrogen (secondary N) is 1. The van der Waals surface area contributed by atoms with Crippen LogP contribution in [-0.2, 0) is 6.42 Å². The van der Waals surface area contributed by atoms with Gasteiger partial charge in [-0.3, -0.25) is 4.90 Å². The monoisotopic (exact) mass is 353 g/mol. The van der Waals surface area contributed by atoms with Crippen molar-refractivity contribution in [1.29, 1.82) is 0 Å². The maximum absolute atomic E-state index is 5.58. The second-order valence-electron chi connectivity index (χ2n) is 5.46. The highest BCUT2D eigenvalue weighted by molar-refractivity contribution is 5.86. The Bertz CT molecular complexity index is 417. The van der Waals surface area contributed by atoms with E-state index >= 15 is 0 Å². The molecule has 2 aliphatic heterocycles. The summed E-state index contributed by atoms with van der Waals surface area (Å²) in [5.74, 6) is 0. The lowest BCUT2D eigenvalue weighted by atomic mass is 9.85. The van der Waals surface area contributed by atoms with Crippen LogP contribution in [0.25, 0.3) is 0 Å². The van der Waals surface area contributed by atoms with Crippen molar-refractivity contribution in [2.24, 2.45) is 5.73 Å². The first kappa shape index (κ1) is 21.0. The highest BCUT2D eigenvalue weighted by Crippen LogP contribution is 2.36. The highest BCUT2D eigenvalue weighted by Gasteiger charge is 2.32. The van der Waals surface area contributed by atoms with Gasteiger partial charge in [0.2, 0.25) is 0 Å². The van der Waals surface area contributed by atoms with Gasteiger partial charge in [-0.15, -0.1) is 37.2 Å². The lowest BCUT2D eigenvalue weighted by molar-refractivity contribution is 0.116. The Kier molecular flexibility index (Phi) is 9.87. The Hall–Kier alpha value is -0.0300. The van der Waals surface area contributed by atoms with Crippen molar-refractivity contribution in [2.75, 3.05) is 26.2 Å². The Morgan fingerprint density at radius 3 is 2.67 bits per heavy atom. The number of nitrogens with zero attached hydrogens (tertiary/aromatic N) is 1. The first-order valence-corrected chi connectivity index (χ1v) is 7.14. The normalized spacial score (nSPS) is 23.7. The molecule has 0 saturated carbocycles. The van der Waals surface area contributed by atoms with Crippen LogP contribution in [-0.4, -0.2) is 37.1 Å². The van der Waals surface area contributed by atoms with Crippen LogP contribution in [0.1, 0.15) is 30.0 Å². The van der Waals surface area contributed by atoms with E-state index in [9.17, 15) is 0 Å². The van der Waals surface area contributed by atoms with Gasteiger partial charge in [-0.25, -0.2) is 0 Å². The fraction of sp³-hybridized carbons (Fsp3) is 0.600. The number of benzene rings is 1. The molecule has 0 aliphatic carbocycles. The van der Waals surface area contributed by atoms with Crippen molar-refractivity contribution in [1.82, 2.24) is 10.2 Å². The molecule has 122 valence electrons. The number of piperidine rings is 1. The summed E-state index contributed by atoms with van der Waals surface area (Å²) in [5.41, 5.74) is 8.69. The molecule has 1 fully saturated rings. The van der Waals surface area contributed by atoms with E-state index in [0.717, 1.165) is 13.1 Å². The van der Waals surface area contributed by atoms with Gasteiger partial charge in [0.1, 0.15) is 0 Å². The third kappa shape index (κ3) is 4.72. The lowest BCUT2D eigenvalue weighted by Gasteiger charge is -2.43. The van der Waals surface area contributed by atoms with E-state index in [1.54, 1.807) is 11.1 Å². The van der Waals surface area contributed by atoms with Gasteiger partial charge < -0.3 is 11.1 Å².